The molecular formula is C26H21BrN4O3S. The summed E-state index contributed by atoms with van der Waals surface area (Å²) >= 11 is 4.32. The number of rotatable bonds is 4. The van der Waals surface area contributed by atoms with E-state index in [1.54, 1.807) is 28.4 Å². The molecule has 4 aromatic rings. The van der Waals surface area contributed by atoms with E-state index in [9.17, 15) is 14.4 Å². The van der Waals surface area contributed by atoms with Crippen LogP contribution >= 0.6 is 27.7 Å². The van der Waals surface area contributed by atoms with Gasteiger partial charge < -0.3 is 0 Å². The predicted octanol–water partition coefficient (Wildman–Crippen LogP) is 5.43. The van der Waals surface area contributed by atoms with Crippen LogP contribution in [0.4, 0.5) is 4.79 Å². The first-order valence-electron chi connectivity index (χ1n) is 10.9. The summed E-state index contributed by atoms with van der Waals surface area (Å²) in [4.78, 5) is 45.2. The second-order valence-electron chi connectivity index (χ2n) is 8.33. The number of fused-ring (bicyclic) bond motifs is 1. The van der Waals surface area contributed by atoms with Gasteiger partial charge in [-0.2, -0.15) is 4.68 Å². The molecular weight excluding hydrogens is 528 g/mol. The van der Waals surface area contributed by atoms with Gasteiger partial charge in [-0.3, -0.25) is 24.0 Å². The van der Waals surface area contributed by atoms with Gasteiger partial charge in [0.15, 0.2) is 0 Å². The summed E-state index contributed by atoms with van der Waals surface area (Å²) in [6.07, 6.45) is 1.72. The van der Waals surface area contributed by atoms with Gasteiger partial charge in [-0.05, 0) is 80.1 Å². The molecule has 2 aromatic heterocycles. The standard InChI is InChI=1S/C26H21BrN4O3S/c1-15-12-19(13-23-25(33)29(26(34)35-23)14-18-8-10-20(27)11-9-18)16(2)30(15)31-17(3)28-22-7-5-4-6-21(22)24(31)32/h4-13H,14H2,1-3H3. The van der Waals surface area contributed by atoms with Gasteiger partial charge in [0.2, 0.25) is 0 Å². The van der Waals surface area contributed by atoms with Crippen LogP contribution in [0.2, 0.25) is 0 Å². The smallest absolute Gasteiger partial charge is 0.268 e. The van der Waals surface area contributed by atoms with Crippen molar-refractivity contribution in [2.24, 2.45) is 0 Å². The van der Waals surface area contributed by atoms with Crippen molar-refractivity contribution in [1.82, 2.24) is 19.2 Å². The van der Waals surface area contributed by atoms with Gasteiger partial charge in [0.1, 0.15) is 5.82 Å². The number of carbonyl (C=O) groups is 2. The van der Waals surface area contributed by atoms with Gasteiger partial charge in [-0.1, -0.05) is 40.2 Å². The number of benzene rings is 2. The molecule has 1 aliphatic heterocycles. The maximum atomic E-state index is 13.3. The van der Waals surface area contributed by atoms with E-state index in [-0.39, 0.29) is 23.3 Å². The number of aromatic nitrogens is 3. The first kappa shape index (κ1) is 23.3. The lowest BCUT2D eigenvalue weighted by atomic mass is 10.2. The molecule has 2 amide bonds. The van der Waals surface area contributed by atoms with Gasteiger partial charge >= 0.3 is 0 Å². The Morgan fingerprint density at radius 2 is 1.69 bits per heavy atom. The van der Waals surface area contributed by atoms with Crippen molar-refractivity contribution in [2.75, 3.05) is 0 Å². The zero-order chi connectivity index (χ0) is 24.9. The molecule has 0 radical (unpaired) electrons. The zero-order valence-corrected chi connectivity index (χ0v) is 21.7. The van der Waals surface area contributed by atoms with E-state index in [0.717, 1.165) is 38.7 Å². The third-order valence-electron chi connectivity index (χ3n) is 5.96. The van der Waals surface area contributed by atoms with E-state index in [2.05, 4.69) is 20.9 Å². The predicted molar refractivity (Wildman–Crippen MR) is 141 cm³/mol. The minimum absolute atomic E-state index is 0.170. The number of amides is 2. The fourth-order valence-corrected chi connectivity index (χ4v) is 5.34. The molecule has 0 spiro atoms. The molecule has 5 rings (SSSR count). The Kier molecular flexibility index (Phi) is 5.98. The summed E-state index contributed by atoms with van der Waals surface area (Å²) in [7, 11) is 0. The van der Waals surface area contributed by atoms with Crippen molar-refractivity contribution < 1.29 is 9.59 Å². The van der Waals surface area contributed by atoms with Crippen LogP contribution in [0.25, 0.3) is 17.0 Å². The van der Waals surface area contributed by atoms with E-state index in [4.69, 9.17) is 0 Å². The molecule has 1 aliphatic rings. The van der Waals surface area contributed by atoms with Crippen molar-refractivity contribution in [1.29, 1.82) is 0 Å². The van der Waals surface area contributed by atoms with Gasteiger partial charge in [0.25, 0.3) is 16.7 Å². The number of aryl methyl sites for hydroxylation is 2. The molecule has 1 saturated heterocycles. The summed E-state index contributed by atoms with van der Waals surface area (Å²) in [5.41, 5.74) is 3.68. The van der Waals surface area contributed by atoms with Gasteiger partial charge in [0.05, 0.1) is 22.4 Å². The first-order chi connectivity index (χ1) is 16.7. The summed E-state index contributed by atoms with van der Waals surface area (Å²) in [6.45, 7) is 5.78. The summed E-state index contributed by atoms with van der Waals surface area (Å²) < 4.78 is 4.28. The molecule has 0 saturated carbocycles. The van der Waals surface area contributed by atoms with Crippen LogP contribution in [0.3, 0.4) is 0 Å². The van der Waals surface area contributed by atoms with Gasteiger partial charge in [-0.25, -0.2) is 4.98 Å². The number of nitrogens with zero attached hydrogens (tertiary/aromatic N) is 4. The molecule has 7 nitrogen and oxygen atoms in total. The molecule has 1 fully saturated rings. The molecule has 0 aliphatic carbocycles. The minimum atomic E-state index is -0.326. The van der Waals surface area contributed by atoms with Gasteiger partial charge in [0, 0.05) is 15.9 Å². The van der Waals surface area contributed by atoms with Crippen molar-refractivity contribution >= 4 is 55.8 Å². The summed E-state index contributed by atoms with van der Waals surface area (Å²) in [6, 6.07) is 16.7. The fraction of sp³-hybridized carbons (Fsp3) is 0.154. The Morgan fingerprint density at radius 1 is 0.971 bits per heavy atom. The minimum Gasteiger partial charge on any atom is -0.268 e. The number of para-hydroxylation sites is 1. The highest BCUT2D eigenvalue weighted by Crippen LogP contribution is 2.34. The lowest BCUT2D eigenvalue weighted by Gasteiger charge is -2.16. The lowest BCUT2D eigenvalue weighted by molar-refractivity contribution is -0.123. The van der Waals surface area contributed by atoms with E-state index < -0.39 is 0 Å². The largest absolute Gasteiger partial charge is 0.293 e. The van der Waals surface area contributed by atoms with Crippen LogP contribution in [0.5, 0.6) is 0 Å². The third-order valence-corrected chi connectivity index (χ3v) is 7.40. The van der Waals surface area contributed by atoms with Crippen LogP contribution in [-0.2, 0) is 11.3 Å². The molecule has 0 atom stereocenters. The summed E-state index contributed by atoms with van der Waals surface area (Å²) in [5, 5.41) is 0.227. The van der Waals surface area contributed by atoms with E-state index in [0.29, 0.717) is 21.6 Å². The Morgan fingerprint density at radius 3 is 2.43 bits per heavy atom. The number of halogens is 1. The van der Waals surface area contributed by atoms with Crippen molar-refractivity contribution in [2.45, 2.75) is 27.3 Å². The Bertz CT molecular complexity index is 1600. The van der Waals surface area contributed by atoms with Crippen LogP contribution in [0, 0.1) is 20.8 Å². The molecule has 176 valence electrons. The van der Waals surface area contributed by atoms with Crippen molar-refractivity contribution in [3.05, 3.63) is 103 Å². The number of carbonyl (C=O) groups excluding carboxylic acids is 2. The topological polar surface area (TPSA) is 77.2 Å². The maximum absolute atomic E-state index is 13.3. The second kappa shape index (κ2) is 8.98. The molecule has 0 unspecified atom stereocenters. The highest BCUT2D eigenvalue weighted by atomic mass is 79.9. The first-order valence-corrected chi connectivity index (χ1v) is 12.5. The fourth-order valence-electron chi connectivity index (χ4n) is 4.25. The highest BCUT2D eigenvalue weighted by Gasteiger charge is 2.35. The van der Waals surface area contributed by atoms with Crippen LogP contribution < -0.4 is 5.56 Å². The number of thioether (sulfide) groups is 1. The normalized spacial score (nSPS) is 15.1. The molecule has 2 aromatic carbocycles. The zero-order valence-electron chi connectivity index (χ0n) is 19.3. The SMILES string of the molecule is Cc1cc(C=C2SC(=O)N(Cc3ccc(Br)cc3)C2=O)c(C)n1-n1c(C)nc2ccccc2c1=O. The lowest BCUT2D eigenvalue weighted by Crippen LogP contribution is -2.30. The Labute approximate surface area is 214 Å². The average molecular weight is 549 g/mol. The monoisotopic (exact) mass is 548 g/mol. The van der Waals surface area contributed by atoms with E-state index in [1.165, 1.54) is 4.90 Å². The van der Waals surface area contributed by atoms with E-state index in [1.807, 2.05) is 62.4 Å². The average Bonchev–Trinajstić information content (AvgIpc) is 3.25. The van der Waals surface area contributed by atoms with Crippen LogP contribution in [0.1, 0.15) is 28.3 Å². The number of hydrogen-bond acceptors (Lipinski definition) is 5. The molecule has 9 heteroatoms. The molecule has 35 heavy (non-hydrogen) atoms. The quantitative estimate of drug-likeness (QED) is 0.317. The summed E-state index contributed by atoms with van der Waals surface area (Å²) in [5.74, 6) is 0.227. The van der Waals surface area contributed by atoms with Crippen molar-refractivity contribution in [3.63, 3.8) is 0 Å². The molecule has 0 N–H and O–H groups in total. The third kappa shape index (κ3) is 4.15. The van der Waals surface area contributed by atoms with Crippen LogP contribution in [0.15, 0.2) is 68.8 Å². The molecule has 3 heterocycles. The second-order valence-corrected chi connectivity index (χ2v) is 10.2. The number of hydrogen-bond donors (Lipinski definition) is 0. The van der Waals surface area contributed by atoms with Crippen molar-refractivity contribution in [3.8, 4) is 0 Å². The number of imide groups is 1. The highest BCUT2D eigenvalue weighted by molar-refractivity contribution is 9.10. The Balaban J connectivity index is 1.51. The maximum Gasteiger partial charge on any atom is 0.293 e. The molecule has 0 bridgehead atoms. The van der Waals surface area contributed by atoms with E-state index >= 15 is 0 Å². The van der Waals surface area contributed by atoms with Gasteiger partial charge in [-0.15, -0.1) is 0 Å². The van der Waals surface area contributed by atoms with Crippen LogP contribution in [-0.4, -0.2) is 30.4 Å². The Hall–Kier alpha value is -3.43.